The van der Waals surface area contributed by atoms with Crippen molar-refractivity contribution in [1.82, 2.24) is 9.13 Å². The zero-order chi connectivity index (χ0) is 25.5. The van der Waals surface area contributed by atoms with Crippen LogP contribution in [0.1, 0.15) is 102 Å². The summed E-state index contributed by atoms with van der Waals surface area (Å²) in [6, 6.07) is 6.18. The van der Waals surface area contributed by atoms with Gasteiger partial charge in [0.05, 0.1) is 10.5 Å². The molecule has 7 heteroatoms. The number of hydrogen-bond donors (Lipinski definition) is 0. The molecule has 0 saturated heterocycles. The van der Waals surface area contributed by atoms with Gasteiger partial charge >= 0.3 is 5.69 Å². The molecule has 0 unspecified atom stereocenters. The topological polar surface area (TPSA) is 87.1 Å². The first kappa shape index (κ1) is 28.3. The number of aryl methyl sites for hydroxylation is 1. The number of nitrogens with zero attached hydrogens (tertiary/aromatic N) is 3. The second kappa shape index (κ2) is 15.8. The highest BCUT2D eigenvalue weighted by atomic mass is 16.6. The van der Waals surface area contributed by atoms with Crippen molar-refractivity contribution in [2.24, 2.45) is 0 Å². The Morgan fingerprint density at radius 1 is 0.771 bits per heavy atom. The first-order valence-electron chi connectivity index (χ1n) is 13.2. The van der Waals surface area contributed by atoms with Crippen LogP contribution in [0.2, 0.25) is 0 Å². The second-order valence-corrected chi connectivity index (χ2v) is 9.23. The largest absolute Gasteiger partial charge is 0.330 e. The third-order valence-electron chi connectivity index (χ3n) is 6.31. The van der Waals surface area contributed by atoms with Crippen molar-refractivity contribution in [2.45, 2.75) is 104 Å². The van der Waals surface area contributed by atoms with Crippen LogP contribution in [-0.4, -0.2) is 14.1 Å². The molecule has 1 heterocycles. The van der Waals surface area contributed by atoms with Crippen LogP contribution in [0, 0.1) is 10.1 Å². The van der Waals surface area contributed by atoms with Gasteiger partial charge in [-0.05, 0) is 36.6 Å². The Bertz CT molecular complexity index is 1050. The van der Waals surface area contributed by atoms with Crippen molar-refractivity contribution in [1.29, 1.82) is 0 Å². The molecule has 35 heavy (non-hydrogen) atoms. The Morgan fingerprint density at radius 3 is 1.89 bits per heavy atom. The molecule has 0 N–H and O–H groups in total. The molecule has 0 aliphatic rings. The van der Waals surface area contributed by atoms with Crippen LogP contribution >= 0.6 is 0 Å². The van der Waals surface area contributed by atoms with Crippen LogP contribution in [0.3, 0.4) is 0 Å². The van der Waals surface area contributed by atoms with E-state index < -0.39 is 4.92 Å². The van der Waals surface area contributed by atoms with Gasteiger partial charge < -0.3 is 0 Å². The number of nitro benzene ring substituents is 1. The van der Waals surface area contributed by atoms with Gasteiger partial charge in [-0.3, -0.25) is 24.0 Å². The molecule has 0 saturated carbocycles. The summed E-state index contributed by atoms with van der Waals surface area (Å²) in [5.74, 6) is 0. The number of nitro groups is 1. The van der Waals surface area contributed by atoms with Crippen molar-refractivity contribution < 1.29 is 4.92 Å². The number of aromatic nitrogens is 2. The van der Waals surface area contributed by atoms with E-state index in [1.165, 1.54) is 55.2 Å². The summed E-state index contributed by atoms with van der Waals surface area (Å²) < 4.78 is 3.06. The number of non-ortho nitro benzene ring substituents is 1. The van der Waals surface area contributed by atoms with E-state index in [1.54, 1.807) is 35.0 Å². The van der Waals surface area contributed by atoms with E-state index in [-0.39, 0.29) is 16.9 Å². The third kappa shape index (κ3) is 9.67. The monoisotopic (exact) mass is 483 g/mol. The molecule has 1 aromatic heterocycles. The molecule has 0 aliphatic carbocycles. The van der Waals surface area contributed by atoms with Crippen LogP contribution in [0.4, 0.5) is 5.69 Å². The Labute approximate surface area is 208 Å². The predicted molar refractivity (Wildman–Crippen MR) is 144 cm³/mol. The quantitative estimate of drug-likeness (QED) is 0.140. The summed E-state index contributed by atoms with van der Waals surface area (Å²) in [5.41, 5.74) is 0.729. The SMILES string of the molecule is CCCCCCCCn1cc(/C=C\c2ccc([N+](=O)[O-])cc2)c(=O)n(CCCCCCCC)c1=O. The zero-order valence-electron chi connectivity index (χ0n) is 21.4. The highest BCUT2D eigenvalue weighted by Gasteiger charge is 2.10. The predicted octanol–water partition coefficient (Wildman–Crippen LogP) is 6.81. The molecule has 0 spiro atoms. The van der Waals surface area contributed by atoms with Gasteiger partial charge in [-0.15, -0.1) is 0 Å². The lowest BCUT2D eigenvalue weighted by atomic mass is 10.1. The van der Waals surface area contributed by atoms with Gasteiger partial charge in [-0.25, -0.2) is 4.79 Å². The van der Waals surface area contributed by atoms with E-state index in [0.717, 1.165) is 44.1 Å². The zero-order valence-corrected chi connectivity index (χ0v) is 21.4. The highest BCUT2D eigenvalue weighted by molar-refractivity contribution is 5.69. The van der Waals surface area contributed by atoms with Gasteiger partial charge in [0.25, 0.3) is 11.2 Å². The van der Waals surface area contributed by atoms with Gasteiger partial charge in [0.15, 0.2) is 0 Å². The maximum Gasteiger partial charge on any atom is 0.330 e. The number of hydrogen-bond acceptors (Lipinski definition) is 4. The van der Waals surface area contributed by atoms with E-state index in [2.05, 4.69) is 13.8 Å². The number of unbranched alkanes of at least 4 members (excludes halogenated alkanes) is 10. The van der Waals surface area contributed by atoms with Crippen molar-refractivity contribution >= 4 is 17.8 Å². The molecule has 0 fully saturated rings. The van der Waals surface area contributed by atoms with Crippen LogP contribution in [-0.2, 0) is 13.1 Å². The lowest BCUT2D eigenvalue weighted by Gasteiger charge is -2.12. The van der Waals surface area contributed by atoms with Crippen LogP contribution in [0.5, 0.6) is 0 Å². The van der Waals surface area contributed by atoms with E-state index >= 15 is 0 Å². The van der Waals surface area contributed by atoms with Crippen molar-refractivity contribution in [3.63, 3.8) is 0 Å². The van der Waals surface area contributed by atoms with Crippen LogP contribution in [0.15, 0.2) is 40.1 Å². The van der Waals surface area contributed by atoms with Gasteiger partial charge in [-0.1, -0.05) is 84.1 Å². The second-order valence-electron chi connectivity index (χ2n) is 9.23. The molecule has 0 atom stereocenters. The summed E-state index contributed by atoms with van der Waals surface area (Å²) in [5, 5.41) is 10.9. The molecule has 0 radical (unpaired) electrons. The fourth-order valence-corrected chi connectivity index (χ4v) is 4.15. The highest BCUT2D eigenvalue weighted by Crippen LogP contribution is 2.14. The average Bonchev–Trinajstić information content (AvgIpc) is 2.86. The molecular formula is C28H41N3O4. The Morgan fingerprint density at radius 2 is 1.31 bits per heavy atom. The lowest BCUT2D eigenvalue weighted by Crippen LogP contribution is -2.40. The molecule has 0 amide bonds. The van der Waals surface area contributed by atoms with Crippen LogP contribution in [0.25, 0.3) is 12.2 Å². The summed E-state index contributed by atoms with van der Waals surface area (Å²) in [6.45, 7) is 5.40. The van der Waals surface area contributed by atoms with Crippen LogP contribution < -0.4 is 11.2 Å². The van der Waals surface area contributed by atoms with Gasteiger partial charge in [0.1, 0.15) is 0 Å². The minimum atomic E-state index is -0.438. The van der Waals surface area contributed by atoms with E-state index in [9.17, 15) is 19.7 Å². The van der Waals surface area contributed by atoms with Crippen molar-refractivity contribution in [3.8, 4) is 0 Å². The summed E-state index contributed by atoms with van der Waals surface area (Å²) in [6.07, 6.45) is 18.4. The van der Waals surface area contributed by atoms with Crippen molar-refractivity contribution in [3.05, 3.63) is 72.5 Å². The molecule has 0 aliphatic heterocycles. The Kier molecular flexibility index (Phi) is 12.8. The summed E-state index contributed by atoms with van der Waals surface area (Å²) in [7, 11) is 0. The Balaban J connectivity index is 2.19. The number of rotatable bonds is 17. The Hall–Kier alpha value is -2.96. The minimum Gasteiger partial charge on any atom is -0.300 e. The number of benzene rings is 1. The standard InChI is InChI=1S/C28H41N3O4/c1-3-5-7-9-11-13-21-29-23-25(18-15-24-16-19-26(20-17-24)31(34)35)27(32)30(28(29)33)22-14-12-10-8-6-4-2/h15-20,23H,3-14,21-22H2,1-2H3/b18-15-. The minimum absolute atomic E-state index is 0.0240. The van der Waals surface area contributed by atoms with Crippen molar-refractivity contribution in [2.75, 3.05) is 0 Å². The maximum absolute atomic E-state index is 13.1. The molecule has 2 rings (SSSR count). The van der Waals surface area contributed by atoms with Gasteiger partial charge in [0, 0.05) is 31.4 Å². The first-order chi connectivity index (χ1) is 17.0. The fourth-order valence-electron chi connectivity index (χ4n) is 4.15. The molecule has 0 bridgehead atoms. The van der Waals surface area contributed by atoms with Gasteiger partial charge in [-0.2, -0.15) is 0 Å². The van der Waals surface area contributed by atoms with Gasteiger partial charge in [0.2, 0.25) is 0 Å². The average molecular weight is 484 g/mol. The fraction of sp³-hybridized carbons (Fsp3) is 0.571. The summed E-state index contributed by atoms with van der Waals surface area (Å²) in [4.78, 5) is 36.7. The van der Waals surface area contributed by atoms with E-state index in [4.69, 9.17) is 0 Å². The smallest absolute Gasteiger partial charge is 0.300 e. The van der Waals surface area contributed by atoms with E-state index in [0.29, 0.717) is 18.7 Å². The van der Waals surface area contributed by atoms with E-state index in [1.807, 2.05) is 0 Å². The normalized spacial score (nSPS) is 11.4. The first-order valence-corrected chi connectivity index (χ1v) is 13.2. The molecule has 2 aromatic rings. The molecule has 1 aromatic carbocycles. The molecule has 192 valence electrons. The molecular weight excluding hydrogens is 442 g/mol. The molecule has 7 nitrogen and oxygen atoms in total. The summed E-state index contributed by atoms with van der Waals surface area (Å²) >= 11 is 0. The third-order valence-corrected chi connectivity index (χ3v) is 6.31. The maximum atomic E-state index is 13.1. The lowest BCUT2D eigenvalue weighted by molar-refractivity contribution is -0.384.